The number of rotatable bonds is 4. The molecule has 0 amide bonds. The molecule has 0 aliphatic rings. The summed E-state index contributed by atoms with van der Waals surface area (Å²) < 4.78 is 0. The van der Waals surface area contributed by atoms with Gasteiger partial charge in [-0.2, -0.15) is 11.3 Å². The van der Waals surface area contributed by atoms with Crippen LogP contribution in [0.4, 0.5) is 0 Å². The van der Waals surface area contributed by atoms with Crippen molar-refractivity contribution in [3.05, 3.63) is 57.2 Å². The maximum absolute atomic E-state index is 10.0. The van der Waals surface area contributed by atoms with Crippen molar-refractivity contribution in [2.45, 2.75) is 18.9 Å². The van der Waals surface area contributed by atoms with Gasteiger partial charge in [0.15, 0.2) is 0 Å². The first-order chi connectivity index (χ1) is 7.77. The standard InChI is InChI=1S/C13H13ClOS/c14-12-4-2-1-3-11(12)13(15)6-5-10-7-8-16-9-10/h1-4,7-9,13,15H,5-6H2. The Kier molecular flexibility index (Phi) is 3.99. The van der Waals surface area contributed by atoms with Crippen LogP contribution in [0.2, 0.25) is 5.02 Å². The van der Waals surface area contributed by atoms with Crippen molar-refractivity contribution in [3.63, 3.8) is 0 Å². The minimum absolute atomic E-state index is 0.478. The Hall–Kier alpha value is -0.830. The van der Waals surface area contributed by atoms with Gasteiger partial charge in [0, 0.05) is 5.02 Å². The Bertz CT molecular complexity index is 439. The lowest BCUT2D eigenvalue weighted by Gasteiger charge is -2.11. The molecule has 0 radical (unpaired) electrons. The molecule has 16 heavy (non-hydrogen) atoms. The molecule has 84 valence electrons. The lowest BCUT2D eigenvalue weighted by molar-refractivity contribution is 0.168. The van der Waals surface area contributed by atoms with E-state index in [0.29, 0.717) is 11.4 Å². The third-order valence-electron chi connectivity index (χ3n) is 2.55. The van der Waals surface area contributed by atoms with E-state index in [1.807, 2.05) is 24.3 Å². The van der Waals surface area contributed by atoms with E-state index in [2.05, 4.69) is 16.8 Å². The zero-order valence-electron chi connectivity index (χ0n) is 8.77. The van der Waals surface area contributed by atoms with Crippen LogP contribution >= 0.6 is 22.9 Å². The highest BCUT2D eigenvalue weighted by Crippen LogP contribution is 2.26. The summed E-state index contributed by atoms with van der Waals surface area (Å²) in [5.74, 6) is 0. The highest BCUT2D eigenvalue weighted by Gasteiger charge is 2.10. The van der Waals surface area contributed by atoms with E-state index in [1.54, 1.807) is 11.3 Å². The van der Waals surface area contributed by atoms with Crippen molar-refractivity contribution in [2.24, 2.45) is 0 Å². The smallest absolute Gasteiger partial charge is 0.0807 e. The molecule has 1 aromatic heterocycles. The van der Waals surface area contributed by atoms with Gasteiger partial charge in [0.05, 0.1) is 6.10 Å². The summed E-state index contributed by atoms with van der Waals surface area (Å²) in [6.07, 6.45) is 1.12. The van der Waals surface area contributed by atoms with Crippen LogP contribution in [0.5, 0.6) is 0 Å². The van der Waals surface area contributed by atoms with E-state index in [4.69, 9.17) is 11.6 Å². The summed E-state index contributed by atoms with van der Waals surface area (Å²) in [4.78, 5) is 0. The molecule has 0 aliphatic carbocycles. The largest absolute Gasteiger partial charge is 0.388 e. The second-order valence-corrected chi connectivity index (χ2v) is 4.89. The third-order valence-corrected chi connectivity index (χ3v) is 3.63. The molecular formula is C13H13ClOS. The van der Waals surface area contributed by atoms with Crippen molar-refractivity contribution < 1.29 is 5.11 Å². The first kappa shape index (κ1) is 11.6. The first-order valence-electron chi connectivity index (χ1n) is 5.21. The van der Waals surface area contributed by atoms with Gasteiger partial charge in [-0.25, -0.2) is 0 Å². The van der Waals surface area contributed by atoms with Crippen LogP contribution in [0.1, 0.15) is 23.7 Å². The van der Waals surface area contributed by atoms with Gasteiger partial charge in [-0.05, 0) is 46.9 Å². The van der Waals surface area contributed by atoms with Crippen LogP contribution in [-0.2, 0) is 6.42 Å². The summed E-state index contributed by atoms with van der Waals surface area (Å²) in [6.45, 7) is 0. The molecule has 1 N–H and O–H groups in total. The fourth-order valence-electron chi connectivity index (χ4n) is 1.64. The highest BCUT2D eigenvalue weighted by molar-refractivity contribution is 7.07. The van der Waals surface area contributed by atoms with E-state index < -0.39 is 6.10 Å². The van der Waals surface area contributed by atoms with Crippen molar-refractivity contribution in [2.75, 3.05) is 0 Å². The SMILES string of the molecule is OC(CCc1ccsc1)c1ccccc1Cl. The van der Waals surface area contributed by atoms with E-state index in [1.165, 1.54) is 5.56 Å². The fourth-order valence-corrected chi connectivity index (χ4v) is 2.60. The molecule has 3 heteroatoms. The van der Waals surface area contributed by atoms with E-state index in [0.717, 1.165) is 12.0 Å². The Morgan fingerprint density at radius 2 is 2.06 bits per heavy atom. The monoisotopic (exact) mass is 252 g/mol. The van der Waals surface area contributed by atoms with Crippen molar-refractivity contribution in [1.82, 2.24) is 0 Å². The fraction of sp³-hybridized carbons (Fsp3) is 0.231. The Labute approximate surface area is 104 Å². The van der Waals surface area contributed by atoms with Crippen molar-refractivity contribution >= 4 is 22.9 Å². The summed E-state index contributed by atoms with van der Waals surface area (Å²) >= 11 is 7.70. The molecule has 0 bridgehead atoms. The lowest BCUT2D eigenvalue weighted by atomic mass is 10.0. The molecule has 0 aliphatic heterocycles. The Balaban J connectivity index is 1.98. The van der Waals surface area contributed by atoms with Gasteiger partial charge in [-0.15, -0.1) is 0 Å². The number of aliphatic hydroxyl groups excluding tert-OH is 1. The van der Waals surface area contributed by atoms with Gasteiger partial charge >= 0.3 is 0 Å². The molecule has 2 aromatic rings. The second kappa shape index (κ2) is 5.48. The summed E-state index contributed by atoms with van der Waals surface area (Å²) in [6, 6.07) is 9.54. The van der Waals surface area contributed by atoms with Crippen LogP contribution in [0.25, 0.3) is 0 Å². The molecule has 1 heterocycles. The molecule has 0 spiro atoms. The van der Waals surface area contributed by atoms with Gasteiger partial charge < -0.3 is 5.11 Å². The molecular weight excluding hydrogens is 240 g/mol. The average Bonchev–Trinajstić information content (AvgIpc) is 2.79. The predicted octanol–water partition coefficient (Wildman–Crippen LogP) is 4.07. The molecule has 1 atom stereocenters. The quantitative estimate of drug-likeness (QED) is 0.870. The van der Waals surface area contributed by atoms with Gasteiger partial charge in [0.2, 0.25) is 0 Å². The molecule has 1 aromatic carbocycles. The van der Waals surface area contributed by atoms with Crippen LogP contribution in [0, 0.1) is 0 Å². The minimum atomic E-state index is -0.478. The van der Waals surface area contributed by atoms with E-state index >= 15 is 0 Å². The normalized spacial score (nSPS) is 12.6. The summed E-state index contributed by atoms with van der Waals surface area (Å²) in [5.41, 5.74) is 2.09. The van der Waals surface area contributed by atoms with Gasteiger partial charge in [-0.1, -0.05) is 29.8 Å². The number of halogens is 1. The van der Waals surface area contributed by atoms with Gasteiger partial charge in [0.1, 0.15) is 0 Å². The molecule has 1 unspecified atom stereocenters. The number of hydrogen-bond acceptors (Lipinski definition) is 2. The topological polar surface area (TPSA) is 20.2 Å². The van der Waals surface area contributed by atoms with Gasteiger partial charge in [0.25, 0.3) is 0 Å². The number of thiophene rings is 1. The Morgan fingerprint density at radius 3 is 2.75 bits per heavy atom. The number of hydrogen-bond donors (Lipinski definition) is 1. The zero-order valence-corrected chi connectivity index (χ0v) is 10.3. The second-order valence-electron chi connectivity index (χ2n) is 3.71. The summed E-state index contributed by atoms with van der Waals surface area (Å²) in [5, 5.41) is 14.8. The lowest BCUT2D eigenvalue weighted by Crippen LogP contribution is -1.99. The number of aliphatic hydroxyl groups is 1. The third kappa shape index (κ3) is 2.85. The van der Waals surface area contributed by atoms with Crippen molar-refractivity contribution in [3.8, 4) is 0 Å². The number of benzene rings is 1. The van der Waals surface area contributed by atoms with E-state index in [-0.39, 0.29) is 0 Å². The summed E-state index contributed by atoms with van der Waals surface area (Å²) in [7, 11) is 0. The molecule has 0 saturated heterocycles. The van der Waals surface area contributed by atoms with Gasteiger partial charge in [-0.3, -0.25) is 0 Å². The first-order valence-corrected chi connectivity index (χ1v) is 6.53. The van der Waals surface area contributed by atoms with Crippen LogP contribution < -0.4 is 0 Å². The molecule has 0 fully saturated rings. The number of aryl methyl sites for hydroxylation is 1. The maximum Gasteiger partial charge on any atom is 0.0807 e. The molecule has 0 saturated carbocycles. The molecule has 2 rings (SSSR count). The minimum Gasteiger partial charge on any atom is -0.388 e. The van der Waals surface area contributed by atoms with Crippen molar-refractivity contribution in [1.29, 1.82) is 0 Å². The Morgan fingerprint density at radius 1 is 1.25 bits per heavy atom. The molecule has 1 nitrogen and oxygen atoms in total. The maximum atomic E-state index is 10.0. The zero-order chi connectivity index (χ0) is 11.4. The highest BCUT2D eigenvalue weighted by atomic mass is 35.5. The average molecular weight is 253 g/mol. The van der Waals surface area contributed by atoms with Crippen LogP contribution in [-0.4, -0.2) is 5.11 Å². The van der Waals surface area contributed by atoms with Crippen LogP contribution in [0.3, 0.4) is 0 Å². The van der Waals surface area contributed by atoms with E-state index in [9.17, 15) is 5.11 Å². The predicted molar refractivity (Wildman–Crippen MR) is 69.1 cm³/mol. The van der Waals surface area contributed by atoms with Crippen LogP contribution in [0.15, 0.2) is 41.1 Å².